The standard InChI is InChI=1S/C11H22N4O/c1-4-15(5-2)8-6-7-12-9-11-13-10(3)16-14-11/h12H,4-9H2,1-3H3. The second kappa shape index (κ2) is 7.35. The van der Waals surface area contributed by atoms with Gasteiger partial charge in [-0.2, -0.15) is 4.98 Å². The molecular weight excluding hydrogens is 204 g/mol. The van der Waals surface area contributed by atoms with Crippen molar-refractivity contribution < 1.29 is 4.52 Å². The van der Waals surface area contributed by atoms with Crippen LogP contribution in [0.15, 0.2) is 4.52 Å². The van der Waals surface area contributed by atoms with Crippen molar-refractivity contribution in [2.75, 3.05) is 26.2 Å². The third-order valence-electron chi connectivity index (χ3n) is 2.58. The number of aryl methyl sites for hydroxylation is 1. The van der Waals surface area contributed by atoms with Crippen LogP contribution in [-0.2, 0) is 6.54 Å². The highest BCUT2D eigenvalue weighted by Crippen LogP contribution is 1.94. The third-order valence-corrected chi connectivity index (χ3v) is 2.58. The molecule has 1 heterocycles. The van der Waals surface area contributed by atoms with E-state index in [1.54, 1.807) is 6.92 Å². The van der Waals surface area contributed by atoms with Crippen molar-refractivity contribution >= 4 is 0 Å². The van der Waals surface area contributed by atoms with Gasteiger partial charge < -0.3 is 14.7 Å². The van der Waals surface area contributed by atoms with Gasteiger partial charge in [0.2, 0.25) is 5.89 Å². The first-order chi connectivity index (χ1) is 7.76. The zero-order chi connectivity index (χ0) is 11.8. The Morgan fingerprint density at radius 1 is 1.31 bits per heavy atom. The summed E-state index contributed by atoms with van der Waals surface area (Å²) in [5.74, 6) is 1.36. The fraction of sp³-hybridized carbons (Fsp3) is 0.818. The topological polar surface area (TPSA) is 54.2 Å². The van der Waals surface area contributed by atoms with Crippen molar-refractivity contribution in [2.24, 2.45) is 0 Å². The minimum absolute atomic E-state index is 0.625. The minimum Gasteiger partial charge on any atom is -0.340 e. The number of rotatable bonds is 8. The number of hydrogen-bond acceptors (Lipinski definition) is 5. The Morgan fingerprint density at radius 2 is 2.06 bits per heavy atom. The van der Waals surface area contributed by atoms with Crippen LogP contribution < -0.4 is 5.32 Å². The Morgan fingerprint density at radius 3 is 2.62 bits per heavy atom. The molecule has 0 fully saturated rings. The Balaban J connectivity index is 2.04. The van der Waals surface area contributed by atoms with Gasteiger partial charge in [-0.1, -0.05) is 19.0 Å². The molecule has 0 bridgehead atoms. The molecular formula is C11H22N4O. The molecule has 0 saturated carbocycles. The predicted octanol–water partition coefficient (Wildman–Crippen LogP) is 1.20. The summed E-state index contributed by atoms with van der Waals surface area (Å²) in [5, 5.41) is 7.13. The molecule has 0 aromatic carbocycles. The molecule has 0 spiro atoms. The summed E-state index contributed by atoms with van der Waals surface area (Å²) >= 11 is 0. The van der Waals surface area contributed by atoms with Gasteiger partial charge in [-0.05, 0) is 32.6 Å². The molecule has 5 heteroatoms. The predicted molar refractivity (Wildman–Crippen MR) is 63.1 cm³/mol. The van der Waals surface area contributed by atoms with Gasteiger partial charge in [0.1, 0.15) is 0 Å². The number of aromatic nitrogens is 2. The van der Waals surface area contributed by atoms with Crippen LogP contribution in [0.1, 0.15) is 32.0 Å². The summed E-state index contributed by atoms with van der Waals surface area (Å²) in [6.07, 6.45) is 1.15. The maximum absolute atomic E-state index is 4.89. The molecule has 16 heavy (non-hydrogen) atoms. The largest absolute Gasteiger partial charge is 0.340 e. The molecule has 1 N–H and O–H groups in total. The van der Waals surface area contributed by atoms with Crippen LogP contribution in [0.2, 0.25) is 0 Å². The van der Waals surface area contributed by atoms with Crippen LogP contribution in [0.25, 0.3) is 0 Å². The normalized spacial score (nSPS) is 11.2. The zero-order valence-corrected chi connectivity index (χ0v) is 10.5. The van der Waals surface area contributed by atoms with Crippen LogP contribution in [0.3, 0.4) is 0 Å². The second-order valence-electron chi connectivity index (χ2n) is 3.79. The Hall–Kier alpha value is -0.940. The molecule has 0 aliphatic heterocycles. The van der Waals surface area contributed by atoms with Crippen LogP contribution >= 0.6 is 0 Å². The van der Waals surface area contributed by atoms with Gasteiger partial charge in [0.05, 0.1) is 6.54 Å². The summed E-state index contributed by atoms with van der Waals surface area (Å²) in [7, 11) is 0. The fourth-order valence-corrected chi connectivity index (χ4v) is 1.58. The van der Waals surface area contributed by atoms with Gasteiger partial charge >= 0.3 is 0 Å². The van der Waals surface area contributed by atoms with E-state index in [0.717, 1.165) is 38.4 Å². The molecule has 1 aromatic rings. The van der Waals surface area contributed by atoms with E-state index in [4.69, 9.17) is 4.52 Å². The van der Waals surface area contributed by atoms with Crippen molar-refractivity contribution in [2.45, 2.75) is 33.7 Å². The first-order valence-corrected chi connectivity index (χ1v) is 5.98. The van der Waals surface area contributed by atoms with E-state index in [0.29, 0.717) is 12.4 Å². The molecule has 0 radical (unpaired) electrons. The van der Waals surface area contributed by atoms with E-state index in [1.807, 2.05) is 0 Å². The lowest BCUT2D eigenvalue weighted by atomic mass is 10.3. The van der Waals surface area contributed by atoms with E-state index in [1.165, 1.54) is 0 Å². The van der Waals surface area contributed by atoms with Crippen molar-refractivity contribution in [3.63, 3.8) is 0 Å². The monoisotopic (exact) mass is 226 g/mol. The van der Waals surface area contributed by atoms with E-state index in [9.17, 15) is 0 Å². The lowest BCUT2D eigenvalue weighted by molar-refractivity contribution is 0.297. The van der Waals surface area contributed by atoms with E-state index >= 15 is 0 Å². The van der Waals surface area contributed by atoms with Crippen molar-refractivity contribution in [1.29, 1.82) is 0 Å². The first kappa shape index (κ1) is 13.1. The summed E-state index contributed by atoms with van der Waals surface area (Å²) < 4.78 is 4.89. The highest BCUT2D eigenvalue weighted by Gasteiger charge is 2.01. The van der Waals surface area contributed by atoms with Gasteiger partial charge in [-0.15, -0.1) is 0 Å². The molecule has 1 aromatic heterocycles. The SMILES string of the molecule is CCN(CC)CCCNCc1noc(C)n1. The summed E-state index contributed by atoms with van der Waals surface area (Å²) in [4.78, 5) is 6.54. The van der Waals surface area contributed by atoms with E-state index in [2.05, 4.69) is 34.2 Å². The van der Waals surface area contributed by atoms with Crippen LogP contribution in [0, 0.1) is 6.92 Å². The molecule has 92 valence electrons. The summed E-state index contributed by atoms with van der Waals surface area (Å²) in [5.41, 5.74) is 0. The molecule has 0 aliphatic rings. The van der Waals surface area contributed by atoms with Gasteiger partial charge in [-0.25, -0.2) is 0 Å². The average Bonchev–Trinajstić information content (AvgIpc) is 2.70. The highest BCUT2D eigenvalue weighted by molar-refractivity contribution is 4.82. The Labute approximate surface area is 97.2 Å². The third kappa shape index (κ3) is 4.72. The van der Waals surface area contributed by atoms with Gasteiger partial charge in [0, 0.05) is 6.92 Å². The number of hydrogen-bond donors (Lipinski definition) is 1. The molecule has 5 nitrogen and oxygen atoms in total. The van der Waals surface area contributed by atoms with Gasteiger partial charge in [0.25, 0.3) is 0 Å². The zero-order valence-electron chi connectivity index (χ0n) is 10.5. The molecule has 0 saturated heterocycles. The van der Waals surface area contributed by atoms with E-state index < -0.39 is 0 Å². The van der Waals surface area contributed by atoms with Crippen molar-refractivity contribution in [3.05, 3.63) is 11.7 Å². The highest BCUT2D eigenvalue weighted by atomic mass is 16.5. The molecule has 0 atom stereocenters. The van der Waals surface area contributed by atoms with Crippen LogP contribution in [0.5, 0.6) is 0 Å². The Bertz CT molecular complexity index is 283. The maximum atomic E-state index is 4.89. The molecule has 0 unspecified atom stereocenters. The van der Waals surface area contributed by atoms with E-state index in [-0.39, 0.29) is 0 Å². The Kier molecular flexibility index (Phi) is 6.03. The molecule has 0 amide bonds. The van der Waals surface area contributed by atoms with Gasteiger partial charge in [0.15, 0.2) is 5.82 Å². The smallest absolute Gasteiger partial charge is 0.223 e. The first-order valence-electron chi connectivity index (χ1n) is 5.98. The minimum atomic E-state index is 0.625. The summed E-state index contributed by atoms with van der Waals surface area (Å²) in [6.45, 7) is 11.3. The number of nitrogens with zero attached hydrogens (tertiary/aromatic N) is 3. The molecule has 0 aliphatic carbocycles. The lowest BCUT2D eigenvalue weighted by Gasteiger charge is -2.17. The van der Waals surface area contributed by atoms with Crippen LogP contribution in [-0.4, -0.2) is 41.2 Å². The van der Waals surface area contributed by atoms with Crippen molar-refractivity contribution in [3.8, 4) is 0 Å². The lowest BCUT2D eigenvalue weighted by Crippen LogP contribution is -2.27. The second-order valence-corrected chi connectivity index (χ2v) is 3.79. The van der Waals surface area contributed by atoms with Crippen molar-refractivity contribution in [1.82, 2.24) is 20.4 Å². The van der Waals surface area contributed by atoms with Gasteiger partial charge in [-0.3, -0.25) is 0 Å². The maximum Gasteiger partial charge on any atom is 0.223 e. The fourth-order valence-electron chi connectivity index (χ4n) is 1.58. The average molecular weight is 226 g/mol. The summed E-state index contributed by atoms with van der Waals surface area (Å²) in [6, 6.07) is 0. The van der Waals surface area contributed by atoms with Crippen LogP contribution in [0.4, 0.5) is 0 Å². The quantitative estimate of drug-likeness (QED) is 0.675. The molecule has 1 rings (SSSR count). The number of nitrogens with one attached hydrogen (secondary N) is 1.